The first-order chi connectivity index (χ1) is 7.29. The van der Waals surface area contributed by atoms with Gasteiger partial charge in [-0.2, -0.15) is 16.7 Å². The molecule has 2 aromatic rings. The maximum atomic E-state index is 5.48. The van der Waals surface area contributed by atoms with Crippen LogP contribution in [0.3, 0.4) is 0 Å². The lowest BCUT2D eigenvalue weighted by Crippen LogP contribution is -1.89. The first kappa shape index (κ1) is 9.97. The van der Waals surface area contributed by atoms with Gasteiger partial charge in [0.15, 0.2) is 5.82 Å². The highest BCUT2D eigenvalue weighted by Gasteiger charge is 2.08. The highest BCUT2D eigenvalue weighted by Crippen LogP contribution is 2.17. The SMILES string of the molecule is CSCc1noc(-c2ccc(N)nc2)n1. The Kier molecular flexibility index (Phi) is 2.86. The molecule has 0 aromatic carbocycles. The van der Waals surface area contributed by atoms with Crippen molar-refractivity contribution in [3.63, 3.8) is 0 Å². The van der Waals surface area contributed by atoms with Crippen LogP contribution in [-0.4, -0.2) is 21.4 Å². The molecular formula is C9H10N4OS. The van der Waals surface area contributed by atoms with Crippen molar-refractivity contribution >= 4 is 17.6 Å². The summed E-state index contributed by atoms with van der Waals surface area (Å²) in [5, 5.41) is 3.84. The van der Waals surface area contributed by atoms with Crippen LogP contribution >= 0.6 is 11.8 Å². The Morgan fingerprint density at radius 2 is 2.33 bits per heavy atom. The molecule has 0 aliphatic heterocycles. The van der Waals surface area contributed by atoms with E-state index < -0.39 is 0 Å². The second-order valence-corrected chi connectivity index (χ2v) is 3.79. The van der Waals surface area contributed by atoms with Crippen LogP contribution in [0, 0.1) is 0 Å². The molecule has 0 unspecified atom stereocenters. The molecule has 0 aliphatic carbocycles. The Labute approximate surface area is 91.1 Å². The van der Waals surface area contributed by atoms with E-state index in [1.165, 1.54) is 0 Å². The van der Waals surface area contributed by atoms with E-state index in [-0.39, 0.29) is 0 Å². The number of thioether (sulfide) groups is 1. The number of nitrogen functional groups attached to an aromatic ring is 1. The van der Waals surface area contributed by atoms with Crippen LogP contribution in [0.25, 0.3) is 11.5 Å². The number of nitrogens with two attached hydrogens (primary N) is 1. The monoisotopic (exact) mass is 222 g/mol. The summed E-state index contributed by atoms with van der Waals surface area (Å²) in [6.45, 7) is 0. The van der Waals surface area contributed by atoms with Gasteiger partial charge < -0.3 is 10.3 Å². The fourth-order valence-corrected chi connectivity index (χ4v) is 1.47. The Morgan fingerprint density at radius 3 is 3.00 bits per heavy atom. The van der Waals surface area contributed by atoms with Crippen LogP contribution in [0.5, 0.6) is 0 Å². The van der Waals surface area contributed by atoms with Crippen molar-refractivity contribution < 1.29 is 4.52 Å². The third-order valence-corrected chi connectivity index (χ3v) is 2.32. The highest BCUT2D eigenvalue weighted by molar-refractivity contribution is 7.97. The molecule has 6 heteroatoms. The molecule has 0 fully saturated rings. The lowest BCUT2D eigenvalue weighted by atomic mass is 10.3. The minimum atomic E-state index is 0.475. The van der Waals surface area contributed by atoms with E-state index >= 15 is 0 Å². The molecular weight excluding hydrogens is 212 g/mol. The number of aromatic nitrogens is 3. The molecule has 0 aliphatic rings. The zero-order chi connectivity index (χ0) is 10.7. The third kappa shape index (κ3) is 2.27. The average Bonchev–Trinajstić information content (AvgIpc) is 2.68. The lowest BCUT2D eigenvalue weighted by molar-refractivity contribution is 0.425. The van der Waals surface area contributed by atoms with Crippen LogP contribution in [0.4, 0.5) is 5.82 Å². The van der Waals surface area contributed by atoms with Gasteiger partial charge in [-0.3, -0.25) is 0 Å². The topological polar surface area (TPSA) is 77.8 Å². The molecule has 0 atom stereocenters. The van der Waals surface area contributed by atoms with Crippen molar-refractivity contribution in [1.82, 2.24) is 15.1 Å². The predicted octanol–water partition coefficient (Wildman–Crippen LogP) is 1.58. The Morgan fingerprint density at radius 1 is 1.47 bits per heavy atom. The second-order valence-electron chi connectivity index (χ2n) is 2.92. The number of rotatable bonds is 3. The van der Waals surface area contributed by atoms with Crippen molar-refractivity contribution in [2.45, 2.75) is 5.75 Å². The summed E-state index contributed by atoms with van der Waals surface area (Å²) >= 11 is 1.65. The van der Waals surface area contributed by atoms with Gasteiger partial charge >= 0.3 is 0 Å². The summed E-state index contributed by atoms with van der Waals surface area (Å²) in [6, 6.07) is 3.51. The number of pyridine rings is 1. The van der Waals surface area contributed by atoms with Crippen LogP contribution in [0.15, 0.2) is 22.9 Å². The standard InChI is InChI=1S/C9H10N4OS/c1-15-5-8-12-9(14-13-8)6-2-3-7(10)11-4-6/h2-4H,5H2,1H3,(H2,10,11). The summed E-state index contributed by atoms with van der Waals surface area (Å²) in [4.78, 5) is 8.18. The molecule has 0 amide bonds. The largest absolute Gasteiger partial charge is 0.384 e. The van der Waals surface area contributed by atoms with Gasteiger partial charge in [0.2, 0.25) is 0 Å². The normalized spacial score (nSPS) is 10.5. The number of hydrogen-bond acceptors (Lipinski definition) is 6. The smallest absolute Gasteiger partial charge is 0.259 e. The van der Waals surface area contributed by atoms with Gasteiger partial charge in [0.1, 0.15) is 5.82 Å². The summed E-state index contributed by atoms with van der Waals surface area (Å²) in [5.74, 6) is 2.38. The maximum absolute atomic E-state index is 5.48. The van der Waals surface area contributed by atoms with E-state index in [4.69, 9.17) is 10.3 Å². The first-order valence-corrected chi connectivity index (χ1v) is 5.72. The van der Waals surface area contributed by atoms with Crippen molar-refractivity contribution in [2.75, 3.05) is 12.0 Å². The van der Waals surface area contributed by atoms with E-state index in [1.54, 1.807) is 30.1 Å². The molecule has 2 heterocycles. The Hall–Kier alpha value is -1.56. The van der Waals surface area contributed by atoms with Crippen molar-refractivity contribution in [1.29, 1.82) is 0 Å². The van der Waals surface area contributed by atoms with Gasteiger partial charge in [-0.1, -0.05) is 5.16 Å². The van der Waals surface area contributed by atoms with Crippen LogP contribution in [-0.2, 0) is 5.75 Å². The summed E-state index contributed by atoms with van der Waals surface area (Å²) in [5.41, 5.74) is 6.26. The van der Waals surface area contributed by atoms with E-state index in [0.29, 0.717) is 17.5 Å². The minimum absolute atomic E-state index is 0.475. The van der Waals surface area contributed by atoms with Crippen LogP contribution < -0.4 is 5.73 Å². The molecule has 0 saturated carbocycles. The minimum Gasteiger partial charge on any atom is -0.384 e. The predicted molar refractivity (Wildman–Crippen MR) is 59.2 cm³/mol. The molecule has 2 aromatic heterocycles. The van der Waals surface area contributed by atoms with Gasteiger partial charge in [0, 0.05) is 6.20 Å². The molecule has 2 rings (SSSR count). The first-order valence-electron chi connectivity index (χ1n) is 4.33. The van der Waals surface area contributed by atoms with E-state index in [1.807, 2.05) is 6.26 Å². The number of nitrogens with zero attached hydrogens (tertiary/aromatic N) is 3. The number of anilines is 1. The lowest BCUT2D eigenvalue weighted by Gasteiger charge is -1.93. The Balaban J connectivity index is 2.25. The molecule has 2 N–H and O–H groups in total. The molecule has 78 valence electrons. The fraction of sp³-hybridized carbons (Fsp3) is 0.222. The zero-order valence-corrected chi connectivity index (χ0v) is 8.99. The van der Waals surface area contributed by atoms with Crippen LogP contribution in [0.2, 0.25) is 0 Å². The fourth-order valence-electron chi connectivity index (χ4n) is 1.09. The van der Waals surface area contributed by atoms with Gasteiger partial charge in [-0.05, 0) is 18.4 Å². The van der Waals surface area contributed by atoms with Crippen molar-refractivity contribution in [2.24, 2.45) is 0 Å². The van der Waals surface area contributed by atoms with Gasteiger partial charge in [0.25, 0.3) is 5.89 Å². The van der Waals surface area contributed by atoms with Gasteiger partial charge in [-0.15, -0.1) is 0 Å². The van der Waals surface area contributed by atoms with E-state index in [9.17, 15) is 0 Å². The van der Waals surface area contributed by atoms with E-state index in [2.05, 4.69) is 15.1 Å². The van der Waals surface area contributed by atoms with E-state index in [0.717, 1.165) is 11.3 Å². The second kappa shape index (κ2) is 4.31. The highest BCUT2D eigenvalue weighted by atomic mass is 32.2. The van der Waals surface area contributed by atoms with Gasteiger partial charge in [0.05, 0.1) is 11.3 Å². The molecule has 0 radical (unpaired) electrons. The zero-order valence-electron chi connectivity index (χ0n) is 8.17. The third-order valence-electron chi connectivity index (χ3n) is 1.77. The quantitative estimate of drug-likeness (QED) is 0.849. The molecule has 0 spiro atoms. The molecule has 5 nitrogen and oxygen atoms in total. The summed E-state index contributed by atoms with van der Waals surface area (Å²) < 4.78 is 5.09. The van der Waals surface area contributed by atoms with Crippen LogP contribution in [0.1, 0.15) is 5.82 Å². The molecule has 15 heavy (non-hydrogen) atoms. The molecule has 0 saturated heterocycles. The summed E-state index contributed by atoms with van der Waals surface area (Å²) in [7, 11) is 0. The average molecular weight is 222 g/mol. The molecule has 0 bridgehead atoms. The summed E-state index contributed by atoms with van der Waals surface area (Å²) in [6.07, 6.45) is 3.60. The Bertz CT molecular complexity index is 440. The van der Waals surface area contributed by atoms with Gasteiger partial charge in [-0.25, -0.2) is 4.98 Å². The number of hydrogen-bond donors (Lipinski definition) is 1. The maximum Gasteiger partial charge on any atom is 0.259 e. The van der Waals surface area contributed by atoms with Crippen molar-refractivity contribution in [3.8, 4) is 11.5 Å². The van der Waals surface area contributed by atoms with Crippen molar-refractivity contribution in [3.05, 3.63) is 24.2 Å².